The van der Waals surface area contributed by atoms with Crippen LogP contribution in [0.4, 0.5) is 4.39 Å². The van der Waals surface area contributed by atoms with E-state index < -0.39 is 10.4 Å². The molecule has 0 saturated heterocycles. The predicted molar refractivity (Wildman–Crippen MR) is 47.6 cm³/mol. The lowest BCUT2D eigenvalue weighted by molar-refractivity contribution is 0.272. The zero-order valence-corrected chi connectivity index (χ0v) is 8.00. The maximum atomic E-state index is 12.4. The number of hydrogen-bond acceptors (Lipinski definition) is 3. The fourth-order valence-electron chi connectivity index (χ4n) is 0.916. The molecule has 0 aliphatic heterocycles. The van der Waals surface area contributed by atoms with Gasteiger partial charge < -0.3 is 0 Å². The minimum absolute atomic E-state index is 0.162. The second kappa shape index (κ2) is 4.50. The van der Waals surface area contributed by atoms with Gasteiger partial charge in [0.25, 0.3) is 0 Å². The first-order valence-electron chi connectivity index (χ1n) is 3.84. The summed E-state index contributed by atoms with van der Waals surface area (Å²) in [6.07, 6.45) is 0.292. The lowest BCUT2D eigenvalue weighted by atomic mass is 10.2. The molecule has 0 saturated carbocycles. The van der Waals surface area contributed by atoms with Gasteiger partial charge in [0, 0.05) is 0 Å². The van der Waals surface area contributed by atoms with Crippen LogP contribution in [0.3, 0.4) is 0 Å². The van der Waals surface area contributed by atoms with Gasteiger partial charge in [-0.2, -0.15) is 8.42 Å². The first-order valence-corrected chi connectivity index (χ1v) is 5.20. The van der Waals surface area contributed by atoms with E-state index in [0.717, 1.165) is 5.56 Å². The van der Waals surface area contributed by atoms with E-state index in [1.54, 1.807) is 0 Å². The summed E-state index contributed by atoms with van der Waals surface area (Å²) in [6, 6.07) is 5.57. The molecule has 0 fully saturated rings. The quantitative estimate of drug-likeness (QED) is 0.774. The molecule has 1 rings (SSSR count). The van der Waals surface area contributed by atoms with Crippen LogP contribution in [0.5, 0.6) is 0 Å². The summed E-state index contributed by atoms with van der Waals surface area (Å²) in [5.41, 5.74) is 0.732. The van der Waals surface area contributed by atoms with Crippen molar-refractivity contribution in [2.45, 2.75) is 6.42 Å². The van der Waals surface area contributed by atoms with Crippen molar-refractivity contribution in [3.63, 3.8) is 0 Å². The van der Waals surface area contributed by atoms with Gasteiger partial charge in [-0.3, -0.25) is 4.55 Å². The fourth-order valence-corrected chi connectivity index (χ4v) is 1.21. The molecule has 0 heterocycles. The maximum absolute atomic E-state index is 12.4. The van der Waals surface area contributed by atoms with Crippen LogP contribution in [0, 0.1) is 5.82 Å². The van der Waals surface area contributed by atoms with E-state index in [1.807, 2.05) is 0 Å². The number of halogens is 1. The number of benzene rings is 1. The summed E-state index contributed by atoms with van der Waals surface area (Å²) in [5.74, 6) is -0.357. The van der Waals surface area contributed by atoms with Crippen molar-refractivity contribution in [1.29, 1.82) is 0 Å². The number of hydrogen-bond donors (Lipinski definition) is 1. The van der Waals surface area contributed by atoms with Crippen LogP contribution in [0.2, 0.25) is 0 Å². The van der Waals surface area contributed by atoms with E-state index in [-0.39, 0.29) is 12.4 Å². The molecule has 0 bridgehead atoms. The molecule has 1 aromatic carbocycles. The Morgan fingerprint density at radius 1 is 1.29 bits per heavy atom. The standard InChI is InChI=1S/C8H9FO4S/c9-8-3-1-7(2-4-8)5-6-13-14(10,11)12/h1-4H,5-6H2,(H,10,11,12). The lowest BCUT2D eigenvalue weighted by Gasteiger charge is -2.00. The van der Waals surface area contributed by atoms with E-state index in [4.69, 9.17) is 4.55 Å². The molecule has 1 aromatic rings. The first kappa shape index (κ1) is 11.1. The van der Waals surface area contributed by atoms with Crippen LogP contribution in [0.25, 0.3) is 0 Å². The molecule has 0 spiro atoms. The summed E-state index contributed by atoms with van der Waals surface area (Å²) >= 11 is 0. The van der Waals surface area contributed by atoms with E-state index in [1.165, 1.54) is 24.3 Å². The average Bonchev–Trinajstić information content (AvgIpc) is 2.06. The van der Waals surface area contributed by atoms with Gasteiger partial charge >= 0.3 is 10.4 Å². The highest BCUT2D eigenvalue weighted by molar-refractivity contribution is 7.80. The summed E-state index contributed by atoms with van der Waals surface area (Å²) in [7, 11) is -4.38. The Hall–Kier alpha value is -0.980. The molecule has 78 valence electrons. The first-order chi connectivity index (χ1) is 6.47. The molecule has 6 heteroatoms. The van der Waals surface area contributed by atoms with Crippen molar-refractivity contribution in [2.24, 2.45) is 0 Å². The van der Waals surface area contributed by atoms with E-state index in [0.29, 0.717) is 6.42 Å². The van der Waals surface area contributed by atoms with Gasteiger partial charge in [0.1, 0.15) is 5.82 Å². The molecule has 1 N–H and O–H groups in total. The summed E-state index contributed by atoms with van der Waals surface area (Å²) < 4.78 is 45.1. The maximum Gasteiger partial charge on any atom is 0.397 e. The van der Waals surface area contributed by atoms with Gasteiger partial charge in [-0.1, -0.05) is 12.1 Å². The van der Waals surface area contributed by atoms with Gasteiger partial charge in [0.15, 0.2) is 0 Å². The molecule has 0 amide bonds. The molecule has 0 unspecified atom stereocenters. The smallest absolute Gasteiger partial charge is 0.264 e. The highest BCUT2D eigenvalue weighted by atomic mass is 32.3. The van der Waals surface area contributed by atoms with Crippen LogP contribution >= 0.6 is 0 Å². The Bertz CT molecular complexity index is 384. The van der Waals surface area contributed by atoms with Crippen molar-refractivity contribution in [2.75, 3.05) is 6.61 Å². The van der Waals surface area contributed by atoms with Gasteiger partial charge in [0.05, 0.1) is 6.61 Å². The SMILES string of the molecule is O=S(=O)(O)OCCc1ccc(F)cc1. The summed E-state index contributed by atoms with van der Waals surface area (Å²) in [4.78, 5) is 0. The minimum atomic E-state index is -4.38. The molecule has 0 aromatic heterocycles. The minimum Gasteiger partial charge on any atom is -0.264 e. The second-order valence-corrected chi connectivity index (χ2v) is 3.72. The summed E-state index contributed by atoms with van der Waals surface area (Å²) in [6.45, 7) is -0.162. The summed E-state index contributed by atoms with van der Waals surface area (Å²) in [5, 5.41) is 0. The monoisotopic (exact) mass is 220 g/mol. The zero-order valence-electron chi connectivity index (χ0n) is 7.18. The third-order valence-electron chi connectivity index (χ3n) is 1.54. The van der Waals surface area contributed by atoms with Gasteiger partial charge in [-0.25, -0.2) is 8.57 Å². The molecule has 4 nitrogen and oxygen atoms in total. The third kappa shape index (κ3) is 4.31. The fraction of sp³-hybridized carbons (Fsp3) is 0.250. The van der Waals surface area contributed by atoms with Crippen LogP contribution in [-0.2, 0) is 21.0 Å². The molecule has 0 aliphatic carbocycles. The topological polar surface area (TPSA) is 63.6 Å². The molecule has 0 atom stereocenters. The van der Waals surface area contributed by atoms with Gasteiger partial charge in [0.2, 0.25) is 0 Å². The normalized spacial score (nSPS) is 11.6. The average molecular weight is 220 g/mol. The van der Waals surface area contributed by atoms with Crippen molar-refractivity contribution < 1.29 is 21.5 Å². The van der Waals surface area contributed by atoms with E-state index >= 15 is 0 Å². The van der Waals surface area contributed by atoms with Crippen molar-refractivity contribution in [1.82, 2.24) is 0 Å². The third-order valence-corrected chi connectivity index (χ3v) is 2.00. The van der Waals surface area contributed by atoms with Gasteiger partial charge in [-0.15, -0.1) is 0 Å². The van der Waals surface area contributed by atoms with E-state index in [9.17, 15) is 12.8 Å². The Labute approximate surface area is 81.3 Å². The number of rotatable bonds is 4. The van der Waals surface area contributed by atoms with E-state index in [2.05, 4.69) is 4.18 Å². The highest BCUT2D eigenvalue weighted by Crippen LogP contribution is 2.04. The Balaban J connectivity index is 2.43. The molecular formula is C8H9FO4S. The Morgan fingerprint density at radius 3 is 2.36 bits per heavy atom. The van der Waals surface area contributed by atoms with Crippen molar-refractivity contribution in [3.8, 4) is 0 Å². The molecule has 0 aliphatic rings. The molecule has 14 heavy (non-hydrogen) atoms. The van der Waals surface area contributed by atoms with Crippen LogP contribution in [0.1, 0.15) is 5.56 Å². The molecule has 0 radical (unpaired) electrons. The molecular weight excluding hydrogens is 211 g/mol. The van der Waals surface area contributed by atoms with Crippen molar-refractivity contribution in [3.05, 3.63) is 35.6 Å². The van der Waals surface area contributed by atoms with Crippen LogP contribution in [0.15, 0.2) is 24.3 Å². The van der Waals surface area contributed by atoms with Gasteiger partial charge in [-0.05, 0) is 24.1 Å². The second-order valence-electron chi connectivity index (χ2n) is 2.63. The predicted octanol–water partition coefficient (Wildman–Crippen LogP) is 1.19. The largest absolute Gasteiger partial charge is 0.397 e. The highest BCUT2D eigenvalue weighted by Gasteiger charge is 2.03. The van der Waals surface area contributed by atoms with Crippen LogP contribution < -0.4 is 0 Å². The van der Waals surface area contributed by atoms with Crippen LogP contribution in [-0.4, -0.2) is 19.6 Å². The Morgan fingerprint density at radius 2 is 1.86 bits per heavy atom. The lowest BCUT2D eigenvalue weighted by Crippen LogP contribution is -2.06. The zero-order chi connectivity index (χ0) is 10.6. The Kier molecular flexibility index (Phi) is 3.56. The van der Waals surface area contributed by atoms with Crippen molar-refractivity contribution >= 4 is 10.4 Å².